The molecule has 1 rings (SSSR count). The topological polar surface area (TPSA) is 36.9 Å². The second-order valence-corrected chi connectivity index (χ2v) is 21.3. The quantitative estimate of drug-likeness (QED) is 0.449. The first-order valence-electron chi connectivity index (χ1n) is 7.83. The minimum absolute atomic E-state index is 0.704. The van der Waals surface area contributed by atoms with Gasteiger partial charge in [0.25, 0.3) is 0 Å². The van der Waals surface area contributed by atoms with Crippen LogP contribution in [0.4, 0.5) is 0 Å². The molecule has 0 unspecified atom stereocenters. The molecule has 12 heteroatoms. The fourth-order valence-corrected chi connectivity index (χ4v) is 23.8. The van der Waals surface area contributed by atoms with Crippen molar-refractivity contribution >= 4 is 39.4 Å². The molecular formula is C10H36N4O4Si4+4. The van der Waals surface area contributed by atoms with Crippen molar-refractivity contribution in [1.29, 1.82) is 0 Å². The van der Waals surface area contributed by atoms with Crippen LogP contribution in [0.1, 0.15) is 13.8 Å². The summed E-state index contributed by atoms with van der Waals surface area (Å²) in [4.78, 5) is 24.1. The van der Waals surface area contributed by atoms with Crippen LogP contribution in [0.2, 0.25) is 0 Å². The largest absolute Gasteiger partial charge is 0.530 e. The highest BCUT2D eigenvalue weighted by atomic mass is 28.4. The highest BCUT2D eigenvalue weighted by Gasteiger charge is 2.60. The van der Waals surface area contributed by atoms with Gasteiger partial charge >= 0.3 is 39.4 Å². The Bertz CT molecular complexity index is 321. The van der Waals surface area contributed by atoms with Crippen molar-refractivity contribution in [3.8, 4) is 0 Å². The molecule has 1 fully saturated rings. The summed E-state index contributed by atoms with van der Waals surface area (Å²) in [6.07, 6.45) is 0. The van der Waals surface area contributed by atoms with Crippen LogP contribution in [-0.4, -0.2) is 111 Å². The summed E-state index contributed by atoms with van der Waals surface area (Å²) < 4.78 is 3.13. The van der Waals surface area contributed by atoms with Crippen molar-refractivity contribution in [2.24, 2.45) is 0 Å². The molecule has 22 heavy (non-hydrogen) atoms. The maximum absolute atomic E-state index is 6.06. The maximum atomic E-state index is 6.06. The Hall–Kier alpha value is 0.548. The van der Waals surface area contributed by atoms with Gasteiger partial charge in [0.1, 0.15) is 0 Å². The summed E-state index contributed by atoms with van der Waals surface area (Å²) in [6.45, 7) is 6.47. The number of hydrogen-bond acceptors (Lipinski definition) is 4. The number of nitrogens with zero attached hydrogens (tertiary/aromatic N) is 4. The van der Waals surface area contributed by atoms with Gasteiger partial charge in [0, 0.05) is 0 Å². The zero-order valence-corrected chi connectivity index (χ0v) is 21.3. The summed E-state index contributed by atoms with van der Waals surface area (Å²) in [5.74, 6) is 0. The van der Waals surface area contributed by atoms with Crippen molar-refractivity contribution < 1.29 is 35.3 Å². The Morgan fingerprint density at radius 1 is 0.591 bits per heavy atom. The first-order valence-corrected chi connectivity index (χ1v) is 12.9. The van der Waals surface area contributed by atoms with E-state index in [1.54, 1.807) is 0 Å². The van der Waals surface area contributed by atoms with Crippen LogP contribution in [-0.2, 0) is 19.4 Å². The highest BCUT2D eigenvalue weighted by molar-refractivity contribution is 6.46. The van der Waals surface area contributed by atoms with Gasteiger partial charge in [-0.3, -0.25) is 0 Å². The first kappa shape index (κ1) is 20.6. The Balaban J connectivity index is 3.31. The third-order valence-corrected chi connectivity index (χ3v) is 18.1. The standard InChI is InChI=1S/C10H36N4O4Si4/c1-9-13(17-7)19-11(3,15-5)21-14(10-2,18-8)22-12(4,16-6)20-13/h9-10,19-22H2,1-8H3/q+4. The Labute approximate surface area is 144 Å². The lowest BCUT2D eigenvalue weighted by atomic mass is 10.8. The van der Waals surface area contributed by atoms with Crippen molar-refractivity contribution in [2.75, 3.05) is 55.6 Å². The van der Waals surface area contributed by atoms with Crippen LogP contribution in [0.15, 0.2) is 0 Å². The molecule has 0 radical (unpaired) electrons. The molecule has 0 aromatic carbocycles. The van der Waals surface area contributed by atoms with Gasteiger partial charge in [-0.25, -0.2) is 35.3 Å². The molecule has 0 bridgehead atoms. The van der Waals surface area contributed by atoms with E-state index < -0.39 is 39.4 Å². The first-order chi connectivity index (χ1) is 10.2. The Morgan fingerprint density at radius 3 is 1.00 bits per heavy atom. The summed E-state index contributed by atoms with van der Waals surface area (Å²) in [5.41, 5.74) is 0. The molecule has 1 aliphatic heterocycles. The highest BCUT2D eigenvalue weighted by Crippen LogP contribution is 2.22. The smallest absolute Gasteiger partial charge is 0.236 e. The second-order valence-electron chi connectivity index (χ2n) is 6.64. The Morgan fingerprint density at radius 2 is 0.864 bits per heavy atom. The van der Waals surface area contributed by atoms with E-state index >= 15 is 0 Å². The normalized spacial score (nSPS) is 48.0. The van der Waals surface area contributed by atoms with E-state index in [9.17, 15) is 0 Å². The van der Waals surface area contributed by atoms with Gasteiger partial charge in [-0.05, 0) is 13.8 Å². The second kappa shape index (κ2) is 7.62. The summed E-state index contributed by atoms with van der Waals surface area (Å²) in [6, 6.07) is 0. The molecule has 0 atom stereocenters. The molecule has 1 aliphatic rings. The molecule has 0 aromatic rings. The van der Waals surface area contributed by atoms with E-state index in [1.807, 2.05) is 28.4 Å². The van der Waals surface area contributed by atoms with Gasteiger partial charge in [-0.2, -0.15) is 0 Å². The van der Waals surface area contributed by atoms with Gasteiger partial charge in [-0.15, -0.1) is 0 Å². The average molecular weight is 389 g/mol. The molecular weight excluding hydrogens is 352 g/mol. The van der Waals surface area contributed by atoms with E-state index in [-0.39, 0.29) is 0 Å². The third-order valence-electron chi connectivity index (χ3n) is 5.04. The molecule has 0 spiro atoms. The fourth-order valence-electron chi connectivity index (χ4n) is 3.48. The minimum atomic E-state index is -0.704. The van der Waals surface area contributed by atoms with Crippen molar-refractivity contribution in [3.05, 3.63) is 0 Å². The van der Waals surface area contributed by atoms with Crippen molar-refractivity contribution in [3.63, 3.8) is 0 Å². The number of quaternary nitrogens is 4. The minimum Gasteiger partial charge on any atom is -0.236 e. The predicted molar refractivity (Wildman–Crippen MR) is 96.2 cm³/mol. The van der Waals surface area contributed by atoms with Gasteiger partial charge in [0.2, 0.25) is 0 Å². The van der Waals surface area contributed by atoms with Crippen LogP contribution in [0.5, 0.6) is 0 Å². The van der Waals surface area contributed by atoms with Crippen LogP contribution < -0.4 is 0 Å². The van der Waals surface area contributed by atoms with Gasteiger partial charge in [-0.1, -0.05) is 0 Å². The zero-order valence-electron chi connectivity index (χ0n) is 15.7. The predicted octanol–water partition coefficient (Wildman–Crippen LogP) is -3.19. The molecule has 0 N–H and O–H groups in total. The molecule has 0 aliphatic carbocycles. The monoisotopic (exact) mass is 388 g/mol. The number of hydrogen-bond donors (Lipinski definition) is 0. The molecule has 1 saturated heterocycles. The molecule has 0 amide bonds. The Kier molecular flexibility index (Phi) is 7.13. The summed E-state index contributed by atoms with van der Waals surface area (Å²) in [7, 11) is 9.06. The third kappa shape index (κ3) is 4.34. The van der Waals surface area contributed by atoms with E-state index in [2.05, 4.69) is 27.9 Å². The molecule has 132 valence electrons. The zero-order chi connectivity index (χ0) is 17.1. The van der Waals surface area contributed by atoms with Gasteiger partial charge in [0.05, 0.1) is 55.6 Å². The van der Waals surface area contributed by atoms with Crippen LogP contribution in [0.3, 0.4) is 0 Å². The maximum Gasteiger partial charge on any atom is 0.530 e. The lowest BCUT2D eigenvalue weighted by Gasteiger charge is -2.49. The summed E-state index contributed by atoms with van der Waals surface area (Å²) in [5, 5.41) is 0. The van der Waals surface area contributed by atoms with Gasteiger partial charge in [0.15, 0.2) is 0 Å². The van der Waals surface area contributed by atoms with Gasteiger partial charge < -0.3 is 0 Å². The lowest BCUT2D eigenvalue weighted by Crippen LogP contribution is -2.81. The van der Waals surface area contributed by atoms with E-state index in [0.717, 1.165) is 29.0 Å². The average Bonchev–Trinajstić information content (AvgIpc) is 2.52. The molecule has 0 aromatic heterocycles. The van der Waals surface area contributed by atoms with Crippen molar-refractivity contribution in [1.82, 2.24) is 0 Å². The lowest BCUT2D eigenvalue weighted by molar-refractivity contribution is -1.11. The SMILES string of the molecule is CC[N+]1(OC)[SiH2][N+](C)(OC)[SiH2][N+](CC)(OC)[SiH2][N+](C)(OC)[SiH2]1. The summed E-state index contributed by atoms with van der Waals surface area (Å²) >= 11 is 0. The van der Waals surface area contributed by atoms with Crippen LogP contribution in [0, 0.1) is 0 Å². The fraction of sp³-hybridized carbons (Fsp3) is 1.00. The number of hydroxylamine groups is 4. The molecule has 0 saturated carbocycles. The molecule has 8 nitrogen and oxygen atoms in total. The van der Waals surface area contributed by atoms with E-state index in [0.29, 0.717) is 0 Å². The molecule has 1 heterocycles. The van der Waals surface area contributed by atoms with E-state index in [1.165, 1.54) is 0 Å². The number of rotatable bonds is 6. The van der Waals surface area contributed by atoms with Crippen molar-refractivity contribution in [2.45, 2.75) is 13.8 Å². The van der Waals surface area contributed by atoms with E-state index in [4.69, 9.17) is 19.4 Å². The van der Waals surface area contributed by atoms with Crippen LogP contribution >= 0.6 is 0 Å². The van der Waals surface area contributed by atoms with Crippen LogP contribution in [0.25, 0.3) is 0 Å².